The van der Waals surface area contributed by atoms with Crippen molar-refractivity contribution in [1.82, 2.24) is 4.31 Å². The Labute approximate surface area is 89.1 Å². The summed E-state index contributed by atoms with van der Waals surface area (Å²) in [7, 11) is -3.39. The Balaban J connectivity index is 2.86. The van der Waals surface area contributed by atoms with Gasteiger partial charge in [-0.25, -0.2) is 8.42 Å². The Bertz CT molecular complexity index is 365. The number of carboxylic acids is 1. The summed E-state index contributed by atoms with van der Waals surface area (Å²) < 4.78 is 24.6. The minimum atomic E-state index is -3.39. The van der Waals surface area contributed by atoms with Crippen molar-refractivity contribution in [2.75, 3.05) is 13.1 Å². The quantitative estimate of drug-likeness (QED) is 0.669. The number of hydrogen-bond donors (Lipinski definition) is 2. The molecule has 1 fully saturated rings. The zero-order valence-corrected chi connectivity index (χ0v) is 9.62. The lowest BCUT2D eigenvalue weighted by molar-refractivity contribution is -0.142. The summed E-state index contributed by atoms with van der Waals surface area (Å²) >= 11 is 0. The Kier molecular flexibility index (Phi) is 3.09. The number of nitrogens with zero attached hydrogens (tertiary/aromatic N) is 1. The third-order valence-corrected chi connectivity index (χ3v) is 4.87. The highest BCUT2D eigenvalue weighted by molar-refractivity contribution is 7.89. The average Bonchev–Trinajstić information content (AvgIpc) is 2.49. The minimum absolute atomic E-state index is 0.136. The maximum atomic E-state index is 11.7. The lowest BCUT2D eigenvalue weighted by Gasteiger charge is -2.21. The number of carboxylic acid groups (broad SMARTS) is 1. The number of carbonyl (C=O) groups is 1. The molecule has 1 rings (SSSR count). The van der Waals surface area contributed by atoms with Crippen molar-refractivity contribution in [1.29, 1.82) is 0 Å². The van der Waals surface area contributed by atoms with Gasteiger partial charge < -0.3 is 10.8 Å². The monoisotopic (exact) mass is 236 g/mol. The third-order valence-electron chi connectivity index (χ3n) is 2.65. The molecule has 7 heteroatoms. The molecular weight excluding hydrogens is 220 g/mol. The SMILES string of the molecule is CC(C)S(=O)(=O)N1CCC(N)(C(=O)O)C1. The Morgan fingerprint density at radius 3 is 2.40 bits per heavy atom. The third kappa shape index (κ3) is 2.14. The number of sulfonamides is 1. The minimum Gasteiger partial charge on any atom is -0.480 e. The molecule has 0 spiro atoms. The van der Waals surface area contributed by atoms with E-state index in [0.29, 0.717) is 0 Å². The van der Waals surface area contributed by atoms with Gasteiger partial charge in [-0.3, -0.25) is 4.79 Å². The number of hydrogen-bond acceptors (Lipinski definition) is 4. The lowest BCUT2D eigenvalue weighted by Crippen LogP contribution is -2.51. The second kappa shape index (κ2) is 3.73. The van der Waals surface area contributed by atoms with Gasteiger partial charge in [0.15, 0.2) is 0 Å². The topological polar surface area (TPSA) is 101 Å². The highest BCUT2D eigenvalue weighted by atomic mass is 32.2. The van der Waals surface area contributed by atoms with Crippen LogP contribution in [-0.4, -0.2) is 47.7 Å². The highest BCUT2D eigenvalue weighted by Crippen LogP contribution is 2.23. The fourth-order valence-corrected chi connectivity index (χ4v) is 2.84. The van der Waals surface area contributed by atoms with Gasteiger partial charge in [-0.05, 0) is 20.3 Å². The first kappa shape index (κ1) is 12.4. The van der Waals surface area contributed by atoms with Crippen LogP contribution in [0.5, 0.6) is 0 Å². The van der Waals surface area contributed by atoms with E-state index < -0.39 is 26.8 Å². The molecule has 15 heavy (non-hydrogen) atoms. The first-order valence-electron chi connectivity index (χ1n) is 4.71. The average molecular weight is 236 g/mol. The van der Waals surface area contributed by atoms with Crippen LogP contribution in [0.3, 0.4) is 0 Å². The fraction of sp³-hybridized carbons (Fsp3) is 0.875. The van der Waals surface area contributed by atoms with E-state index in [1.165, 1.54) is 0 Å². The van der Waals surface area contributed by atoms with Crippen LogP contribution in [0.2, 0.25) is 0 Å². The van der Waals surface area contributed by atoms with Crippen molar-refractivity contribution in [3.63, 3.8) is 0 Å². The molecule has 0 radical (unpaired) electrons. The van der Waals surface area contributed by atoms with Crippen molar-refractivity contribution < 1.29 is 18.3 Å². The summed E-state index contributed by atoms with van der Waals surface area (Å²) in [5.74, 6) is -1.15. The molecule has 1 saturated heterocycles. The first-order valence-corrected chi connectivity index (χ1v) is 6.22. The van der Waals surface area contributed by atoms with E-state index in [2.05, 4.69) is 0 Å². The zero-order valence-electron chi connectivity index (χ0n) is 8.80. The number of nitrogens with two attached hydrogens (primary N) is 1. The number of rotatable bonds is 3. The molecule has 0 amide bonds. The molecule has 88 valence electrons. The van der Waals surface area contributed by atoms with Gasteiger partial charge in [0.05, 0.1) is 5.25 Å². The Hall–Kier alpha value is -0.660. The summed E-state index contributed by atoms with van der Waals surface area (Å²) in [5.41, 5.74) is 4.15. The van der Waals surface area contributed by atoms with Gasteiger partial charge in [-0.1, -0.05) is 0 Å². The predicted octanol–water partition coefficient (Wildman–Crippen LogP) is -0.788. The highest BCUT2D eigenvalue weighted by Gasteiger charge is 2.45. The van der Waals surface area contributed by atoms with E-state index in [1.807, 2.05) is 0 Å². The van der Waals surface area contributed by atoms with Crippen LogP contribution in [0.4, 0.5) is 0 Å². The van der Waals surface area contributed by atoms with Gasteiger partial charge in [-0.2, -0.15) is 4.31 Å². The molecule has 1 heterocycles. The molecule has 1 aliphatic heterocycles. The maximum absolute atomic E-state index is 11.7. The fourth-order valence-electron chi connectivity index (χ4n) is 1.49. The largest absolute Gasteiger partial charge is 0.480 e. The smallest absolute Gasteiger partial charge is 0.325 e. The molecule has 1 atom stereocenters. The van der Waals surface area contributed by atoms with Crippen molar-refractivity contribution >= 4 is 16.0 Å². The Morgan fingerprint density at radius 2 is 2.07 bits per heavy atom. The van der Waals surface area contributed by atoms with E-state index in [0.717, 1.165) is 4.31 Å². The van der Waals surface area contributed by atoms with E-state index in [9.17, 15) is 13.2 Å². The molecule has 0 aromatic rings. The van der Waals surface area contributed by atoms with Crippen LogP contribution in [0.25, 0.3) is 0 Å². The lowest BCUT2D eigenvalue weighted by atomic mass is 10.0. The summed E-state index contributed by atoms with van der Waals surface area (Å²) in [6, 6.07) is 0. The van der Waals surface area contributed by atoms with Gasteiger partial charge in [0, 0.05) is 13.1 Å². The van der Waals surface area contributed by atoms with Crippen molar-refractivity contribution in [3.8, 4) is 0 Å². The Morgan fingerprint density at radius 1 is 1.53 bits per heavy atom. The summed E-state index contributed by atoms with van der Waals surface area (Å²) in [6.07, 6.45) is 0.161. The van der Waals surface area contributed by atoms with E-state index in [4.69, 9.17) is 10.8 Å². The molecule has 0 aromatic carbocycles. The van der Waals surface area contributed by atoms with Crippen molar-refractivity contribution in [2.24, 2.45) is 5.73 Å². The van der Waals surface area contributed by atoms with Crippen LogP contribution in [0.15, 0.2) is 0 Å². The molecular formula is C8H16N2O4S. The first-order chi connectivity index (χ1) is 6.70. The van der Waals surface area contributed by atoms with Gasteiger partial charge in [0.1, 0.15) is 5.54 Å². The summed E-state index contributed by atoms with van der Waals surface area (Å²) in [4.78, 5) is 10.8. The molecule has 1 unspecified atom stereocenters. The summed E-state index contributed by atoms with van der Waals surface area (Å²) in [5, 5.41) is 8.30. The second-order valence-electron chi connectivity index (χ2n) is 4.14. The standard InChI is InChI=1S/C8H16N2O4S/c1-6(2)15(13,14)10-4-3-8(9,5-10)7(11)12/h6H,3-5,9H2,1-2H3,(H,11,12). The van der Waals surface area contributed by atoms with Crippen LogP contribution in [0, 0.1) is 0 Å². The molecule has 0 bridgehead atoms. The van der Waals surface area contributed by atoms with Gasteiger partial charge in [0.2, 0.25) is 10.0 Å². The van der Waals surface area contributed by atoms with Gasteiger partial charge in [-0.15, -0.1) is 0 Å². The van der Waals surface area contributed by atoms with Crippen LogP contribution in [0.1, 0.15) is 20.3 Å². The molecule has 0 aliphatic carbocycles. The number of aliphatic carboxylic acids is 1. The second-order valence-corrected chi connectivity index (χ2v) is 6.63. The predicted molar refractivity (Wildman–Crippen MR) is 54.8 cm³/mol. The van der Waals surface area contributed by atoms with E-state index in [-0.39, 0.29) is 19.5 Å². The van der Waals surface area contributed by atoms with E-state index >= 15 is 0 Å². The normalized spacial score (nSPS) is 28.5. The van der Waals surface area contributed by atoms with Crippen LogP contribution >= 0.6 is 0 Å². The zero-order chi connectivity index (χ0) is 11.9. The van der Waals surface area contributed by atoms with Gasteiger partial charge >= 0.3 is 5.97 Å². The molecule has 6 nitrogen and oxygen atoms in total. The van der Waals surface area contributed by atoms with Crippen LogP contribution in [-0.2, 0) is 14.8 Å². The van der Waals surface area contributed by atoms with Crippen LogP contribution < -0.4 is 5.73 Å². The molecule has 1 aliphatic rings. The van der Waals surface area contributed by atoms with Crippen molar-refractivity contribution in [2.45, 2.75) is 31.1 Å². The maximum Gasteiger partial charge on any atom is 0.325 e. The summed E-state index contributed by atoms with van der Waals surface area (Å²) in [6.45, 7) is 3.17. The van der Waals surface area contributed by atoms with E-state index in [1.54, 1.807) is 13.8 Å². The molecule has 0 aromatic heterocycles. The molecule has 0 saturated carbocycles. The molecule has 3 N–H and O–H groups in total. The van der Waals surface area contributed by atoms with Crippen molar-refractivity contribution in [3.05, 3.63) is 0 Å². The van der Waals surface area contributed by atoms with Gasteiger partial charge in [0.25, 0.3) is 0 Å².